The Morgan fingerprint density at radius 1 is 0.351 bits per heavy atom. The van der Waals surface area contributed by atoms with E-state index in [0.29, 0.717) is 77.9 Å². The SMILES string of the molecule is CC(=O)N(Cc1ccccc1)CC(C)[C@H]1CCC[C@@H](Oc2cccc(C)c2)C1.Cc1ccc(CNCC(C)[C@H]2CCC[C@@H](Oc3cccc(C)c3)C2)cc1.Cc1cccc(O[C@@H]2CCC[C@H](C(C)CNC(=O)c3ccccc3)C2)c1.Cc1cccc(O[C@@H]2CCC[C@H](C(C)CNCc3cccc(O)c3)C2)c1.Cc1cccc(O[C@@H]2CCC[C@H](C(C)CNCc3ccccn3)C2)c1. The number of hydrogen-bond acceptors (Lipinski definition) is 12. The van der Waals surface area contributed by atoms with Crippen molar-refractivity contribution in [2.75, 3.05) is 32.7 Å². The summed E-state index contributed by atoms with van der Waals surface area (Å²) in [5, 5.41) is 23.4. The Kier molecular flexibility index (Phi) is 42.3. The molecule has 15 rings (SSSR count). The molecule has 5 unspecified atom stereocenters. The first-order chi connectivity index (χ1) is 63.5. The summed E-state index contributed by atoms with van der Waals surface area (Å²) in [4.78, 5) is 30.8. The summed E-state index contributed by atoms with van der Waals surface area (Å²) in [6.07, 6.45) is 27.5. The highest BCUT2D eigenvalue weighted by molar-refractivity contribution is 5.94. The molecule has 5 aliphatic carbocycles. The highest BCUT2D eigenvalue weighted by Gasteiger charge is 2.34. The third kappa shape index (κ3) is 36.7. The van der Waals surface area contributed by atoms with Crippen LogP contribution in [0.15, 0.2) is 255 Å². The van der Waals surface area contributed by atoms with Crippen molar-refractivity contribution in [1.82, 2.24) is 31.2 Å². The molecule has 0 saturated heterocycles. The lowest BCUT2D eigenvalue weighted by molar-refractivity contribution is -0.130. The highest BCUT2D eigenvalue weighted by Crippen LogP contribution is 2.39. The maximum atomic E-state index is 12.2. The average Bonchev–Trinajstić information content (AvgIpc) is 0.861. The van der Waals surface area contributed by atoms with E-state index >= 15 is 0 Å². The van der Waals surface area contributed by atoms with Crippen LogP contribution < -0.4 is 45.0 Å². The summed E-state index contributed by atoms with van der Waals surface area (Å²) in [7, 11) is 0. The van der Waals surface area contributed by atoms with Gasteiger partial charge in [-0.1, -0.05) is 192 Å². The molecule has 0 bridgehead atoms. The smallest absolute Gasteiger partial charge is 0.251 e. The summed E-state index contributed by atoms with van der Waals surface area (Å²) < 4.78 is 31.3. The second-order valence-electron chi connectivity index (χ2n) is 39.1. The summed E-state index contributed by atoms with van der Waals surface area (Å²) in [6, 6.07) is 83.9. The zero-order chi connectivity index (χ0) is 92.5. The van der Waals surface area contributed by atoms with Gasteiger partial charge in [0.2, 0.25) is 5.91 Å². The molecule has 10 aromatic rings. The molecule has 5 aliphatic rings. The molecule has 5 N–H and O–H groups in total. The van der Waals surface area contributed by atoms with Crippen LogP contribution in [0, 0.1) is 101 Å². The number of phenols is 1. The lowest BCUT2D eigenvalue weighted by atomic mass is 9.79. The number of aromatic hydroxyl groups is 1. The molecule has 5 fully saturated rings. The number of aryl methyl sites for hydroxylation is 6. The van der Waals surface area contributed by atoms with E-state index in [0.717, 1.165) is 148 Å². The molecule has 14 heteroatoms. The van der Waals surface area contributed by atoms with Crippen molar-refractivity contribution >= 4 is 11.8 Å². The van der Waals surface area contributed by atoms with E-state index in [-0.39, 0.29) is 24.0 Å². The molecule has 15 atom stereocenters. The van der Waals surface area contributed by atoms with E-state index in [2.05, 4.69) is 254 Å². The average molecular weight is 1770 g/mol. The Hall–Kier alpha value is -10.3. The number of ether oxygens (including phenoxy) is 5. The number of aromatic nitrogens is 1. The number of hydrogen-bond donors (Lipinski definition) is 5. The van der Waals surface area contributed by atoms with Gasteiger partial charge in [-0.2, -0.15) is 0 Å². The van der Waals surface area contributed by atoms with Gasteiger partial charge in [0, 0.05) is 58.0 Å². The van der Waals surface area contributed by atoms with Gasteiger partial charge in [-0.3, -0.25) is 14.6 Å². The zero-order valence-corrected chi connectivity index (χ0v) is 81.1. The van der Waals surface area contributed by atoms with Gasteiger partial charge < -0.3 is 55.0 Å². The van der Waals surface area contributed by atoms with Crippen LogP contribution in [0.5, 0.6) is 34.5 Å². The maximum Gasteiger partial charge on any atom is 0.251 e. The number of nitrogens with one attached hydrogen (secondary N) is 4. The number of rotatable bonds is 34. The Balaban J connectivity index is 0.000000158. The molecule has 0 aliphatic heterocycles. The fraction of sp³-hybridized carbons (Fsp3) is 0.479. The van der Waals surface area contributed by atoms with Gasteiger partial charge in [-0.05, 0) is 390 Å². The summed E-state index contributed by atoms with van der Waals surface area (Å²) >= 11 is 0. The summed E-state index contributed by atoms with van der Waals surface area (Å²) in [5.41, 5.74) is 13.1. The minimum Gasteiger partial charge on any atom is -0.508 e. The van der Waals surface area contributed by atoms with Crippen LogP contribution in [0.1, 0.15) is 236 Å². The number of nitrogens with zero attached hydrogens (tertiary/aromatic N) is 2. The molecule has 14 nitrogen and oxygen atoms in total. The minimum absolute atomic E-state index is 0.0146. The van der Waals surface area contributed by atoms with Crippen molar-refractivity contribution in [2.24, 2.45) is 59.2 Å². The van der Waals surface area contributed by atoms with Gasteiger partial charge in [0.1, 0.15) is 34.5 Å². The molecule has 702 valence electrons. The topological polar surface area (TPSA) is 165 Å². The van der Waals surface area contributed by atoms with Crippen LogP contribution in [0.3, 0.4) is 0 Å². The van der Waals surface area contributed by atoms with Crippen LogP contribution in [-0.4, -0.2) is 90.0 Å². The normalized spacial score (nSPS) is 21.1. The number of carbonyl (C=O) groups is 2. The van der Waals surface area contributed by atoms with Crippen LogP contribution in [0.2, 0.25) is 0 Å². The molecule has 9 aromatic carbocycles. The fourth-order valence-electron chi connectivity index (χ4n) is 19.8. The molecule has 131 heavy (non-hydrogen) atoms. The molecule has 5 saturated carbocycles. The molecule has 1 aromatic heterocycles. The number of phenolic OH excluding ortho intramolecular Hbond substituents is 1. The van der Waals surface area contributed by atoms with Gasteiger partial charge in [0.25, 0.3) is 5.91 Å². The number of amides is 2. The van der Waals surface area contributed by atoms with E-state index in [4.69, 9.17) is 23.7 Å². The Labute approximate surface area is 787 Å². The lowest BCUT2D eigenvalue weighted by Gasteiger charge is -2.35. The quantitative estimate of drug-likeness (QED) is 0.0260. The van der Waals surface area contributed by atoms with Crippen molar-refractivity contribution in [2.45, 2.75) is 268 Å². The largest absolute Gasteiger partial charge is 0.508 e. The maximum absolute atomic E-state index is 12.2. The van der Waals surface area contributed by atoms with Crippen LogP contribution in [0.25, 0.3) is 0 Å². The zero-order valence-electron chi connectivity index (χ0n) is 81.1. The molecule has 2 amide bonds. The molecular weight excluding hydrogens is 1620 g/mol. The van der Waals surface area contributed by atoms with Gasteiger partial charge in [-0.15, -0.1) is 0 Å². The van der Waals surface area contributed by atoms with E-state index in [9.17, 15) is 14.7 Å². The lowest BCUT2D eigenvalue weighted by Crippen LogP contribution is -2.37. The van der Waals surface area contributed by atoms with Crippen LogP contribution in [0.4, 0.5) is 0 Å². The van der Waals surface area contributed by atoms with Crippen molar-refractivity contribution in [3.63, 3.8) is 0 Å². The van der Waals surface area contributed by atoms with E-state index in [1.54, 1.807) is 13.0 Å². The van der Waals surface area contributed by atoms with E-state index in [1.165, 1.54) is 134 Å². The first-order valence-corrected chi connectivity index (χ1v) is 49.7. The molecule has 0 radical (unpaired) electrons. The Bertz CT molecular complexity index is 4920. The van der Waals surface area contributed by atoms with E-state index in [1.807, 2.05) is 102 Å². The number of benzene rings is 9. The van der Waals surface area contributed by atoms with Crippen molar-refractivity contribution in [3.05, 3.63) is 316 Å². The van der Waals surface area contributed by atoms with Crippen molar-refractivity contribution in [1.29, 1.82) is 0 Å². The van der Waals surface area contributed by atoms with Gasteiger partial charge >= 0.3 is 0 Å². The van der Waals surface area contributed by atoms with Crippen molar-refractivity contribution < 1.29 is 38.4 Å². The predicted octanol–water partition coefficient (Wildman–Crippen LogP) is 26.1. The standard InChI is InChI=1S/C25H33NO2.C24H33NO.C23H31NO2.C23H29NO2.C22H30N2O/c1-19-9-7-13-24(15-19)28-25-14-8-12-23(16-25)20(2)17-26(21(3)27)18-22-10-5-4-6-11-22;1-18-10-12-21(13-11-18)17-25-16-20(3)22-7-5-9-24(15-22)26-23-8-4-6-19(2)14-23;1-17-6-3-10-22(12-17)26-23-11-5-8-20(14-23)18(2)15-24-16-19-7-4-9-21(25)13-19;1-17-8-6-12-21(14-17)26-22-13-7-11-20(15-22)18(2)16-24-23(25)19-9-4-3-5-10-19;1-17-7-5-10-21(13-17)25-22-11-6-8-19(14-22)18(2)15-23-16-20-9-3-4-12-24-20/h4-7,9-11,13,15,20,23,25H,8,12,14,16-18H2,1-3H3;4,6,8,10-14,20,22,24-25H,5,7,9,15-17H2,1-3H3;3-4,6-7,9-10,12-13,18,20,23-25H,5,8,11,14-16H2,1-2H3;3-6,8-10,12,14,18,20,22H,7,11,13,15-16H2,1-2H3,(H,24,25);3-5,7,9-10,12-13,18-19,22-23H,6,8,11,14-16H2,1-2H3/t20?,23-,25+;20?,22-,24+;18?,20-,23+;18?,20-,22+;18?,19-,22+/m00000/s1. The second-order valence-corrected chi connectivity index (χ2v) is 39.1. The second kappa shape index (κ2) is 54.7. The number of pyridine rings is 1. The van der Waals surface area contributed by atoms with E-state index < -0.39 is 0 Å². The highest BCUT2D eigenvalue weighted by atomic mass is 16.5. The van der Waals surface area contributed by atoms with Crippen molar-refractivity contribution in [3.8, 4) is 34.5 Å². The van der Waals surface area contributed by atoms with Crippen LogP contribution >= 0.6 is 0 Å². The number of carbonyl (C=O) groups excluding carboxylic acids is 2. The predicted molar refractivity (Wildman–Crippen MR) is 539 cm³/mol. The molecule has 1 heterocycles. The van der Waals surface area contributed by atoms with Crippen LogP contribution in [-0.2, 0) is 31.0 Å². The molecular formula is C117H156N6O8. The minimum atomic E-state index is 0.0146. The van der Waals surface area contributed by atoms with Gasteiger partial charge in [0.15, 0.2) is 0 Å². The Morgan fingerprint density at radius 2 is 0.695 bits per heavy atom. The molecule has 0 spiro atoms. The van der Waals surface area contributed by atoms with Gasteiger partial charge in [-0.25, -0.2) is 0 Å². The fourth-order valence-corrected chi connectivity index (χ4v) is 19.8. The summed E-state index contributed by atoms with van der Waals surface area (Å²) in [5.74, 6) is 11.8. The first kappa shape index (κ1) is 101. The summed E-state index contributed by atoms with van der Waals surface area (Å²) in [6.45, 7) is 33.9. The third-order valence-corrected chi connectivity index (χ3v) is 27.7. The third-order valence-electron chi connectivity index (χ3n) is 27.7. The monoisotopic (exact) mass is 1770 g/mol. The first-order valence-electron chi connectivity index (χ1n) is 49.7. The Morgan fingerprint density at radius 3 is 1.06 bits per heavy atom. The van der Waals surface area contributed by atoms with Gasteiger partial charge in [0.05, 0.1) is 36.2 Å².